The molecule has 3 aliphatic heterocycles. The van der Waals surface area contributed by atoms with Crippen molar-refractivity contribution in [2.45, 2.75) is 19.3 Å². The summed E-state index contributed by atoms with van der Waals surface area (Å²) in [6.45, 7) is 3.49. The number of aryl methyl sites for hydroxylation is 1. The highest BCUT2D eigenvalue weighted by Crippen LogP contribution is 2.43. The minimum absolute atomic E-state index is 0.101. The van der Waals surface area contributed by atoms with Gasteiger partial charge in [-0.15, -0.1) is 0 Å². The lowest BCUT2D eigenvalue weighted by Crippen LogP contribution is -2.43. The SMILES string of the molecule is Cn1cnc(-c2ccc(C3=CCN(C(=O)CN4CC[C@]5(CCN(c6ccc7[nH]nc(-c8ccc(F)cn8)c7c6)C5=O)C4)CC3)cc2)n1. The number of nitrogens with one attached hydrogen (secondary N) is 1. The van der Waals surface area contributed by atoms with Crippen LogP contribution in [-0.4, -0.2) is 90.8 Å². The topological polar surface area (TPSA) is 116 Å². The van der Waals surface area contributed by atoms with Gasteiger partial charge >= 0.3 is 0 Å². The van der Waals surface area contributed by atoms with E-state index in [9.17, 15) is 14.0 Å². The van der Waals surface area contributed by atoms with Gasteiger partial charge in [0.2, 0.25) is 11.8 Å². The molecule has 5 aromatic rings. The number of benzene rings is 2. The number of hydrogen-bond donors (Lipinski definition) is 1. The van der Waals surface area contributed by atoms with E-state index < -0.39 is 11.2 Å². The van der Waals surface area contributed by atoms with Crippen LogP contribution in [0.5, 0.6) is 0 Å². The van der Waals surface area contributed by atoms with E-state index in [4.69, 9.17) is 0 Å². The summed E-state index contributed by atoms with van der Waals surface area (Å²) in [5.41, 5.74) is 5.67. The van der Waals surface area contributed by atoms with E-state index >= 15 is 0 Å². The molecular weight excluding hydrogens is 597 g/mol. The van der Waals surface area contributed by atoms with Gasteiger partial charge in [0.25, 0.3) is 0 Å². The molecule has 12 heteroatoms. The third kappa shape index (κ3) is 5.38. The molecule has 238 valence electrons. The fourth-order valence-corrected chi connectivity index (χ4v) is 7.17. The highest BCUT2D eigenvalue weighted by atomic mass is 19.1. The quantitative estimate of drug-likeness (QED) is 0.297. The van der Waals surface area contributed by atoms with Crippen LogP contribution in [0, 0.1) is 11.2 Å². The maximum Gasteiger partial charge on any atom is 0.237 e. The van der Waals surface area contributed by atoms with Crippen molar-refractivity contribution >= 4 is 34.0 Å². The number of aromatic nitrogens is 6. The van der Waals surface area contributed by atoms with E-state index in [1.807, 2.05) is 47.2 Å². The molecule has 2 aromatic carbocycles. The zero-order valence-electron chi connectivity index (χ0n) is 26.1. The Hall–Kier alpha value is -5.23. The molecule has 8 rings (SSSR count). The highest BCUT2D eigenvalue weighted by molar-refractivity contribution is 6.03. The average molecular weight is 632 g/mol. The molecule has 3 aromatic heterocycles. The lowest BCUT2D eigenvalue weighted by Gasteiger charge is -2.29. The average Bonchev–Trinajstić information content (AvgIpc) is 3.89. The van der Waals surface area contributed by atoms with Gasteiger partial charge in [-0.2, -0.15) is 10.2 Å². The fraction of sp³-hybridized carbons (Fsp3) is 0.314. The summed E-state index contributed by atoms with van der Waals surface area (Å²) >= 11 is 0. The molecule has 1 atom stereocenters. The minimum Gasteiger partial charge on any atom is -0.338 e. The van der Waals surface area contributed by atoms with Crippen LogP contribution in [0.25, 0.3) is 39.3 Å². The van der Waals surface area contributed by atoms with Crippen LogP contribution in [-0.2, 0) is 16.6 Å². The van der Waals surface area contributed by atoms with E-state index in [0.717, 1.165) is 53.5 Å². The molecule has 2 amide bonds. The number of rotatable bonds is 6. The van der Waals surface area contributed by atoms with Crippen LogP contribution in [0.1, 0.15) is 24.8 Å². The molecule has 0 unspecified atom stereocenters. The van der Waals surface area contributed by atoms with Crippen LogP contribution < -0.4 is 4.90 Å². The van der Waals surface area contributed by atoms with E-state index in [-0.39, 0.29) is 11.8 Å². The summed E-state index contributed by atoms with van der Waals surface area (Å²) in [4.78, 5) is 41.7. The number of amides is 2. The monoisotopic (exact) mass is 631 g/mol. The van der Waals surface area contributed by atoms with Crippen molar-refractivity contribution in [1.29, 1.82) is 0 Å². The summed E-state index contributed by atoms with van der Waals surface area (Å²) in [6, 6.07) is 17.0. The van der Waals surface area contributed by atoms with E-state index in [2.05, 4.69) is 48.4 Å². The third-order valence-corrected chi connectivity index (χ3v) is 9.81. The molecule has 2 fully saturated rings. The van der Waals surface area contributed by atoms with Gasteiger partial charge in [0, 0.05) is 49.9 Å². The molecule has 3 aliphatic rings. The Morgan fingerprint density at radius 3 is 2.57 bits per heavy atom. The number of H-pyrrole nitrogens is 1. The van der Waals surface area contributed by atoms with Gasteiger partial charge < -0.3 is 9.80 Å². The number of likely N-dealkylation sites (tertiary alicyclic amines) is 1. The molecular formula is C35H34FN9O2. The Labute approximate surface area is 270 Å². The predicted octanol–water partition coefficient (Wildman–Crippen LogP) is 4.30. The lowest BCUT2D eigenvalue weighted by molar-refractivity contribution is -0.132. The number of pyridine rings is 1. The maximum absolute atomic E-state index is 13.9. The zero-order chi connectivity index (χ0) is 32.1. The van der Waals surface area contributed by atoms with E-state index in [0.29, 0.717) is 49.9 Å². The van der Waals surface area contributed by atoms with Gasteiger partial charge in [-0.1, -0.05) is 30.3 Å². The van der Waals surface area contributed by atoms with Crippen LogP contribution in [0.15, 0.2) is 73.2 Å². The second-order valence-electron chi connectivity index (χ2n) is 12.7. The summed E-state index contributed by atoms with van der Waals surface area (Å²) < 4.78 is 15.1. The summed E-state index contributed by atoms with van der Waals surface area (Å²) in [6.07, 6.45) is 7.29. The van der Waals surface area contributed by atoms with Crippen molar-refractivity contribution in [3.63, 3.8) is 0 Å². The fourth-order valence-electron chi connectivity index (χ4n) is 7.17. The first-order valence-corrected chi connectivity index (χ1v) is 15.9. The van der Waals surface area contributed by atoms with Crippen molar-refractivity contribution in [2.75, 3.05) is 44.2 Å². The van der Waals surface area contributed by atoms with E-state index in [1.54, 1.807) is 17.1 Å². The molecule has 0 bridgehead atoms. The molecule has 47 heavy (non-hydrogen) atoms. The first-order valence-electron chi connectivity index (χ1n) is 15.9. The summed E-state index contributed by atoms with van der Waals surface area (Å²) in [7, 11) is 1.85. The van der Waals surface area contributed by atoms with Gasteiger partial charge in [-0.3, -0.25) is 29.3 Å². The normalized spacial score (nSPS) is 20.1. The predicted molar refractivity (Wildman–Crippen MR) is 175 cm³/mol. The first kappa shape index (κ1) is 29.2. The highest BCUT2D eigenvalue weighted by Gasteiger charge is 2.51. The van der Waals surface area contributed by atoms with Gasteiger partial charge in [-0.25, -0.2) is 9.37 Å². The third-order valence-electron chi connectivity index (χ3n) is 9.81. The number of halogens is 1. The number of fused-ring (bicyclic) bond motifs is 1. The van der Waals surface area contributed by atoms with Crippen molar-refractivity contribution in [1.82, 2.24) is 39.7 Å². The number of nitrogens with zero attached hydrogens (tertiary/aromatic N) is 8. The molecule has 6 heterocycles. The van der Waals surface area contributed by atoms with E-state index in [1.165, 1.54) is 17.8 Å². The van der Waals surface area contributed by atoms with Gasteiger partial charge in [0.1, 0.15) is 17.8 Å². The van der Waals surface area contributed by atoms with Gasteiger partial charge in [0.05, 0.1) is 29.4 Å². The number of carbonyl (C=O) groups is 2. The van der Waals surface area contributed by atoms with Gasteiger partial charge in [-0.05, 0) is 67.3 Å². The number of anilines is 1. The Morgan fingerprint density at radius 1 is 1.00 bits per heavy atom. The van der Waals surface area contributed by atoms with Crippen LogP contribution >= 0.6 is 0 Å². The molecule has 0 aliphatic carbocycles. The Balaban J connectivity index is 0.894. The Kier molecular flexibility index (Phi) is 7.16. The minimum atomic E-state index is -0.487. The zero-order valence-corrected chi connectivity index (χ0v) is 26.1. The standard InChI is InChI=1S/C35H34FN9O2/c1-42-22-38-33(41-42)25-4-2-23(3-5-25)24-10-14-44(15-11-24)31(46)20-43-16-12-35(21-43)13-17-45(34(35)47)27-7-9-29-28(18-27)32(40-39-29)30-8-6-26(36)19-37-30/h2-10,18-19,22H,11-17,20-21H2,1H3,(H,39,40)/t35-/m0/s1. The molecule has 1 spiro atoms. The Bertz CT molecular complexity index is 2020. The molecule has 11 nitrogen and oxygen atoms in total. The lowest BCUT2D eigenvalue weighted by atomic mass is 9.85. The smallest absolute Gasteiger partial charge is 0.237 e. The second-order valence-corrected chi connectivity index (χ2v) is 12.7. The molecule has 2 saturated heterocycles. The van der Waals surface area contributed by atoms with Crippen LogP contribution in [0.2, 0.25) is 0 Å². The summed E-state index contributed by atoms with van der Waals surface area (Å²) in [5.74, 6) is 0.500. The summed E-state index contributed by atoms with van der Waals surface area (Å²) in [5, 5.41) is 12.6. The number of carbonyl (C=O) groups excluding carboxylic acids is 2. The Morgan fingerprint density at radius 2 is 1.83 bits per heavy atom. The van der Waals surface area contributed by atoms with Crippen LogP contribution in [0.3, 0.4) is 0 Å². The van der Waals surface area contributed by atoms with Crippen molar-refractivity contribution in [2.24, 2.45) is 12.5 Å². The van der Waals surface area contributed by atoms with Crippen molar-refractivity contribution in [3.05, 3.63) is 84.6 Å². The van der Waals surface area contributed by atoms with Gasteiger partial charge in [0.15, 0.2) is 5.82 Å². The molecule has 0 radical (unpaired) electrons. The van der Waals surface area contributed by atoms with Crippen molar-refractivity contribution in [3.8, 4) is 22.8 Å². The number of hydrogen-bond acceptors (Lipinski definition) is 7. The number of aromatic amines is 1. The van der Waals surface area contributed by atoms with Crippen LogP contribution in [0.4, 0.5) is 10.1 Å². The molecule has 1 N–H and O–H groups in total. The second kappa shape index (κ2) is 11.5. The van der Waals surface area contributed by atoms with Crippen molar-refractivity contribution < 1.29 is 14.0 Å². The molecule has 0 saturated carbocycles. The first-order chi connectivity index (χ1) is 22.8. The maximum atomic E-state index is 13.9. The largest absolute Gasteiger partial charge is 0.338 e.